The van der Waals surface area contributed by atoms with Crippen molar-refractivity contribution in [1.82, 2.24) is 0 Å². The van der Waals surface area contributed by atoms with Gasteiger partial charge in [0.2, 0.25) is 0 Å². The largest absolute Gasteiger partial charge is 0.479 e. The highest BCUT2D eigenvalue weighted by Crippen LogP contribution is 2.31. The van der Waals surface area contributed by atoms with E-state index in [9.17, 15) is 13.2 Å². The van der Waals surface area contributed by atoms with E-state index in [0.717, 1.165) is 19.3 Å². The van der Waals surface area contributed by atoms with Crippen LogP contribution in [0.2, 0.25) is 0 Å². The SMILES string of the molecule is Cc1ccccc1.O=C(O)C1(N=S(=O)=O)CCCCC1. The lowest BCUT2D eigenvalue weighted by Gasteiger charge is -2.26. The standard InChI is InChI=1S/C7H11NO4S.C7H8/c9-6(10)7(8-13(11)12)4-2-1-3-5-7;1-7-5-3-2-4-6-7/h1-5H2,(H,9,10);2-6H,1H3. The number of hydrogen-bond acceptors (Lipinski definition) is 4. The molecule has 1 aromatic carbocycles. The maximum Gasteiger partial charge on any atom is 0.332 e. The molecule has 0 saturated heterocycles. The van der Waals surface area contributed by atoms with Crippen LogP contribution in [0.25, 0.3) is 0 Å². The fourth-order valence-electron chi connectivity index (χ4n) is 2.16. The molecule has 0 bridgehead atoms. The maximum absolute atomic E-state index is 10.8. The monoisotopic (exact) mass is 297 g/mol. The predicted octanol–water partition coefficient (Wildman–Crippen LogP) is 2.83. The van der Waals surface area contributed by atoms with Gasteiger partial charge in [-0.1, -0.05) is 55.2 Å². The molecule has 5 nitrogen and oxygen atoms in total. The fraction of sp³-hybridized carbons (Fsp3) is 0.500. The Morgan fingerprint density at radius 2 is 1.70 bits per heavy atom. The summed E-state index contributed by atoms with van der Waals surface area (Å²) in [7, 11) is -2.63. The van der Waals surface area contributed by atoms with Gasteiger partial charge in [-0.2, -0.15) is 12.8 Å². The Balaban J connectivity index is 0.000000240. The summed E-state index contributed by atoms with van der Waals surface area (Å²) in [6, 6.07) is 10.3. The summed E-state index contributed by atoms with van der Waals surface area (Å²) < 4.78 is 24.0. The zero-order chi connectivity index (χ0) is 15.0. The molecule has 2 rings (SSSR count). The number of benzene rings is 1. The summed E-state index contributed by atoms with van der Waals surface area (Å²) in [5.74, 6) is -1.13. The van der Waals surface area contributed by atoms with Crippen molar-refractivity contribution >= 4 is 16.5 Å². The first-order valence-corrected chi connectivity index (χ1v) is 7.57. The number of carboxylic acid groups (broad SMARTS) is 1. The van der Waals surface area contributed by atoms with Gasteiger partial charge >= 0.3 is 16.5 Å². The van der Waals surface area contributed by atoms with E-state index < -0.39 is 22.0 Å². The molecule has 0 radical (unpaired) electrons. The lowest BCUT2D eigenvalue weighted by molar-refractivity contribution is -0.144. The minimum absolute atomic E-state index is 0.330. The van der Waals surface area contributed by atoms with E-state index >= 15 is 0 Å². The summed E-state index contributed by atoms with van der Waals surface area (Å²) in [6.45, 7) is 2.08. The third kappa shape index (κ3) is 5.13. The molecule has 1 aliphatic carbocycles. The van der Waals surface area contributed by atoms with Crippen molar-refractivity contribution in [2.75, 3.05) is 0 Å². The molecule has 0 aromatic heterocycles. The molecular formula is C14H19NO4S. The van der Waals surface area contributed by atoms with Crippen LogP contribution in [-0.4, -0.2) is 25.0 Å². The second-order valence-electron chi connectivity index (χ2n) is 4.86. The van der Waals surface area contributed by atoms with Crippen LogP contribution in [0.3, 0.4) is 0 Å². The van der Waals surface area contributed by atoms with Crippen molar-refractivity contribution in [3.63, 3.8) is 0 Å². The van der Waals surface area contributed by atoms with Gasteiger partial charge in [0.1, 0.15) is 0 Å². The Kier molecular flexibility index (Phi) is 6.38. The maximum atomic E-state index is 10.8. The van der Waals surface area contributed by atoms with E-state index in [1.165, 1.54) is 5.56 Å². The normalized spacial score (nSPS) is 16.4. The minimum atomic E-state index is -2.63. The van der Waals surface area contributed by atoms with E-state index in [2.05, 4.69) is 23.4 Å². The summed E-state index contributed by atoms with van der Waals surface area (Å²) in [4.78, 5) is 10.8. The Labute approximate surface area is 120 Å². The zero-order valence-corrected chi connectivity index (χ0v) is 12.3. The highest BCUT2D eigenvalue weighted by Gasteiger charge is 2.40. The summed E-state index contributed by atoms with van der Waals surface area (Å²) >= 11 is 0. The Hall–Kier alpha value is -1.69. The molecule has 1 aliphatic rings. The molecule has 20 heavy (non-hydrogen) atoms. The zero-order valence-electron chi connectivity index (χ0n) is 11.4. The van der Waals surface area contributed by atoms with Gasteiger partial charge in [0, 0.05) is 0 Å². The smallest absolute Gasteiger partial charge is 0.332 e. The number of carboxylic acids is 1. The number of aliphatic carboxylic acids is 1. The number of hydrogen-bond donors (Lipinski definition) is 1. The summed E-state index contributed by atoms with van der Waals surface area (Å²) in [5, 5.41) is 8.87. The highest BCUT2D eigenvalue weighted by molar-refractivity contribution is 7.61. The van der Waals surface area contributed by atoms with Crippen molar-refractivity contribution in [3.8, 4) is 0 Å². The first kappa shape index (κ1) is 16.4. The first-order valence-electron chi connectivity index (χ1n) is 6.54. The van der Waals surface area contributed by atoms with Crippen LogP contribution < -0.4 is 0 Å². The molecule has 1 fully saturated rings. The molecule has 0 unspecified atom stereocenters. The average molecular weight is 297 g/mol. The van der Waals surface area contributed by atoms with Crippen LogP contribution in [0.4, 0.5) is 0 Å². The van der Waals surface area contributed by atoms with Crippen LogP contribution in [0.1, 0.15) is 37.7 Å². The second kappa shape index (κ2) is 7.79. The molecule has 0 aliphatic heterocycles. The topological polar surface area (TPSA) is 83.8 Å². The van der Waals surface area contributed by atoms with Gasteiger partial charge in [-0.3, -0.25) is 0 Å². The van der Waals surface area contributed by atoms with E-state index in [0.29, 0.717) is 12.8 Å². The van der Waals surface area contributed by atoms with Crippen molar-refractivity contribution < 1.29 is 18.3 Å². The van der Waals surface area contributed by atoms with Crippen LogP contribution in [0.5, 0.6) is 0 Å². The third-order valence-corrected chi connectivity index (χ3v) is 3.77. The third-order valence-electron chi connectivity index (χ3n) is 3.27. The molecule has 0 atom stereocenters. The number of aryl methyl sites for hydroxylation is 1. The highest BCUT2D eigenvalue weighted by atomic mass is 32.2. The van der Waals surface area contributed by atoms with E-state index in [-0.39, 0.29) is 0 Å². The lowest BCUT2D eigenvalue weighted by Crippen LogP contribution is -2.38. The number of nitrogens with zero attached hydrogens (tertiary/aromatic N) is 1. The Morgan fingerprint density at radius 1 is 1.15 bits per heavy atom. The van der Waals surface area contributed by atoms with Gasteiger partial charge in [0.15, 0.2) is 5.54 Å². The summed E-state index contributed by atoms with van der Waals surface area (Å²) in [5.41, 5.74) is -0.0484. The average Bonchev–Trinajstić information content (AvgIpc) is 2.40. The van der Waals surface area contributed by atoms with Crippen LogP contribution in [-0.2, 0) is 15.3 Å². The minimum Gasteiger partial charge on any atom is -0.479 e. The second-order valence-corrected chi connectivity index (χ2v) is 5.48. The van der Waals surface area contributed by atoms with Crippen molar-refractivity contribution in [3.05, 3.63) is 35.9 Å². The molecule has 1 N–H and O–H groups in total. The molecule has 0 spiro atoms. The molecule has 0 heterocycles. The lowest BCUT2D eigenvalue weighted by atomic mass is 9.83. The van der Waals surface area contributed by atoms with Crippen LogP contribution >= 0.6 is 0 Å². The molecule has 6 heteroatoms. The number of carbonyl (C=O) groups is 1. The van der Waals surface area contributed by atoms with E-state index in [1.807, 2.05) is 18.2 Å². The van der Waals surface area contributed by atoms with Crippen molar-refractivity contribution in [1.29, 1.82) is 0 Å². The number of rotatable bonds is 2. The van der Waals surface area contributed by atoms with Gasteiger partial charge in [-0.15, -0.1) is 0 Å². The van der Waals surface area contributed by atoms with Gasteiger partial charge in [-0.05, 0) is 19.8 Å². The molecule has 110 valence electrons. The van der Waals surface area contributed by atoms with Crippen molar-refractivity contribution in [2.45, 2.75) is 44.6 Å². The van der Waals surface area contributed by atoms with Crippen LogP contribution in [0.15, 0.2) is 34.7 Å². The van der Waals surface area contributed by atoms with Gasteiger partial charge in [-0.25, -0.2) is 4.79 Å². The molecule has 1 aromatic rings. The van der Waals surface area contributed by atoms with Gasteiger partial charge < -0.3 is 5.11 Å². The fourth-order valence-corrected chi connectivity index (χ4v) is 2.70. The van der Waals surface area contributed by atoms with Gasteiger partial charge in [0.05, 0.1) is 0 Å². The van der Waals surface area contributed by atoms with Gasteiger partial charge in [0.25, 0.3) is 0 Å². The van der Waals surface area contributed by atoms with E-state index in [1.54, 1.807) is 0 Å². The Bertz CT molecular complexity index is 552. The van der Waals surface area contributed by atoms with Crippen molar-refractivity contribution in [2.24, 2.45) is 4.36 Å². The summed E-state index contributed by atoms with van der Waals surface area (Å²) in [6.07, 6.45) is 3.07. The first-order chi connectivity index (χ1) is 9.46. The molecule has 0 amide bonds. The predicted molar refractivity (Wildman–Crippen MR) is 76.0 cm³/mol. The molecule has 1 saturated carbocycles. The van der Waals surface area contributed by atoms with Crippen LogP contribution in [0, 0.1) is 6.92 Å². The van der Waals surface area contributed by atoms with E-state index in [4.69, 9.17) is 5.11 Å². The Morgan fingerprint density at radius 3 is 2.05 bits per heavy atom. The molecular weight excluding hydrogens is 278 g/mol. The quantitative estimate of drug-likeness (QED) is 0.909.